The van der Waals surface area contributed by atoms with Gasteiger partial charge >= 0.3 is 6.18 Å². The Hall–Kier alpha value is -2.50. The monoisotopic (exact) mass is 292 g/mol. The molecule has 0 saturated carbocycles. The molecular formula is C15H11F3N2O. The minimum Gasteiger partial charge on any atom is -0.436 e. The minimum absolute atomic E-state index is 0.0860. The van der Waals surface area contributed by atoms with Crippen LogP contribution in [-0.2, 0) is 6.18 Å². The highest BCUT2D eigenvalue weighted by molar-refractivity contribution is 5.82. The van der Waals surface area contributed by atoms with E-state index < -0.39 is 11.7 Å². The molecule has 0 radical (unpaired) electrons. The summed E-state index contributed by atoms with van der Waals surface area (Å²) < 4.78 is 43.9. The van der Waals surface area contributed by atoms with Gasteiger partial charge in [-0.05, 0) is 36.8 Å². The maximum Gasteiger partial charge on any atom is 0.416 e. The van der Waals surface area contributed by atoms with Gasteiger partial charge in [0.25, 0.3) is 0 Å². The highest BCUT2D eigenvalue weighted by atomic mass is 19.4. The summed E-state index contributed by atoms with van der Waals surface area (Å²) >= 11 is 0. The number of aromatic nitrogens is 1. The van der Waals surface area contributed by atoms with E-state index >= 15 is 0 Å². The molecule has 3 aromatic rings. The molecule has 1 aromatic heterocycles. The number of nitrogens with two attached hydrogens (primary N) is 1. The molecule has 0 aliphatic heterocycles. The summed E-state index contributed by atoms with van der Waals surface area (Å²) in [6.07, 6.45) is -4.44. The molecule has 21 heavy (non-hydrogen) atoms. The average molecular weight is 292 g/mol. The summed E-state index contributed by atoms with van der Waals surface area (Å²) in [5, 5.41) is 0. The average Bonchev–Trinajstić information content (AvgIpc) is 2.83. The second-order valence-electron chi connectivity index (χ2n) is 4.74. The smallest absolute Gasteiger partial charge is 0.416 e. The van der Waals surface area contributed by atoms with Crippen molar-refractivity contribution in [3.05, 3.63) is 47.5 Å². The number of oxazole rings is 1. The topological polar surface area (TPSA) is 52.0 Å². The summed E-state index contributed by atoms with van der Waals surface area (Å²) in [6.45, 7) is 1.85. The standard InChI is InChI=1S/C15H11F3N2O/c1-8-3-2-4-12-13(8)20-14(21-12)10-7-9(15(16,17)18)5-6-11(10)19/h2-7H,19H2,1H3. The highest BCUT2D eigenvalue weighted by Gasteiger charge is 2.31. The number of aryl methyl sites for hydroxylation is 1. The van der Waals surface area contributed by atoms with Gasteiger partial charge in [0.1, 0.15) is 5.52 Å². The molecule has 2 N–H and O–H groups in total. The van der Waals surface area contributed by atoms with Gasteiger partial charge in [-0.3, -0.25) is 0 Å². The Kier molecular flexibility index (Phi) is 2.90. The minimum atomic E-state index is -4.44. The van der Waals surface area contributed by atoms with Gasteiger partial charge in [-0.15, -0.1) is 0 Å². The Balaban J connectivity index is 2.20. The fraction of sp³-hybridized carbons (Fsp3) is 0.133. The molecule has 2 aromatic carbocycles. The number of nitrogens with zero attached hydrogens (tertiary/aromatic N) is 1. The second kappa shape index (κ2) is 4.51. The lowest BCUT2D eigenvalue weighted by Crippen LogP contribution is -2.05. The summed E-state index contributed by atoms with van der Waals surface area (Å²) in [5.74, 6) is 0.0860. The van der Waals surface area contributed by atoms with E-state index in [2.05, 4.69) is 4.98 Å². The molecule has 108 valence electrons. The fourth-order valence-electron chi connectivity index (χ4n) is 2.12. The molecule has 0 saturated heterocycles. The number of nitrogen functional groups attached to an aromatic ring is 1. The van der Waals surface area contributed by atoms with Crippen LogP contribution in [0.5, 0.6) is 0 Å². The van der Waals surface area contributed by atoms with Crippen molar-refractivity contribution in [2.24, 2.45) is 0 Å². The highest BCUT2D eigenvalue weighted by Crippen LogP contribution is 2.36. The van der Waals surface area contributed by atoms with Crippen LogP contribution in [0.25, 0.3) is 22.6 Å². The van der Waals surface area contributed by atoms with Crippen molar-refractivity contribution >= 4 is 16.8 Å². The molecule has 1 heterocycles. The molecule has 0 aliphatic rings. The van der Waals surface area contributed by atoms with Crippen LogP contribution in [-0.4, -0.2) is 4.98 Å². The molecule has 3 rings (SSSR count). The van der Waals surface area contributed by atoms with Crippen molar-refractivity contribution in [1.29, 1.82) is 0 Å². The predicted octanol–water partition coefficient (Wildman–Crippen LogP) is 4.40. The van der Waals surface area contributed by atoms with E-state index in [1.807, 2.05) is 13.0 Å². The summed E-state index contributed by atoms with van der Waals surface area (Å²) in [7, 11) is 0. The van der Waals surface area contributed by atoms with Crippen molar-refractivity contribution in [2.75, 3.05) is 5.73 Å². The van der Waals surface area contributed by atoms with E-state index in [0.717, 1.165) is 17.7 Å². The second-order valence-corrected chi connectivity index (χ2v) is 4.74. The molecule has 0 unspecified atom stereocenters. The van der Waals surface area contributed by atoms with Crippen LogP contribution < -0.4 is 5.73 Å². The van der Waals surface area contributed by atoms with E-state index in [0.29, 0.717) is 11.1 Å². The first-order valence-corrected chi connectivity index (χ1v) is 6.19. The largest absolute Gasteiger partial charge is 0.436 e. The molecule has 0 atom stereocenters. The first-order chi connectivity index (χ1) is 9.86. The lowest BCUT2D eigenvalue weighted by Gasteiger charge is -2.09. The number of halogens is 3. The van der Waals surface area contributed by atoms with Crippen molar-refractivity contribution < 1.29 is 17.6 Å². The first kappa shape index (κ1) is 13.5. The Bertz CT molecular complexity index is 821. The first-order valence-electron chi connectivity index (χ1n) is 6.19. The number of para-hydroxylation sites is 1. The fourth-order valence-corrected chi connectivity index (χ4v) is 2.12. The Morgan fingerprint density at radius 1 is 1.14 bits per heavy atom. The van der Waals surface area contributed by atoms with E-state index in [1.165, 1.54) is 6.07 Å². The summed E-state index contributed by atoms with van der Waals surface area (Å²) in [5.41, 5.74) is 7.31. The van der Waals surface area contributed by atoms with Crippen LogP contribution in [0.3, 0.4) is 0 Å². The van der Waals surface area contributed by atoms with E-state index in [9.17, 15) is 13.2 Å². The van der Waals surface area contributed by atoms with Gasteiger partial charge in [-0.1, -0.05) is 12.1 Å². The van der Waals surface area contributed by atoms with Crippen molar-refractivity contribution in [1.82, 2.24) is 4.98 Å². The molecule has 3 nitrogen and oxygen atoms in total. The number of hydrogen-bond donors (Lipinski definition) is 1. The summed E-state index contributed by atoms with van der Waals surface area (Å²) in [6, 6.07) is 8.46. The maximum atomic E-state index is 12.8. The normalized spacial score (nSPS) is 12.0. The molecule has 0 amide bonds. The Labute approximate surface area is 118 Å². The Morgan fingerprint density at radius 3 is 2.57 bits per heavy atom. The lowest BCUT2D eigenvalue weighted by atomic mass is 10.1. The van der Waals surface area contributed by atoms with Gasteiger partial charge in [0.15, 0.2) is 5.58 Å². The van der Waals surface area contributed by atoms with Crippen LogP contribution in [0, 0.1) is 6.92 Å². The maximum absolute atomic E-state index is 12.8. The van der Waals surface area contributed by atoms with Gasteiger partial charge in [-0.2, -0.15) is 13.2 Å². The van der Waals surface area contributed by atoms with Gasteiger partial charge in [0.2, 0.25) is 5.89 Å². The van der Waals surface area contributed by atoms with Gasteiger partial charge in [0, 0.05) is 5.69 Å². The van der Waals surface area contributed by atoms with Crippen molar-refractivity contribution in [3.63, 3.8) is 0 Å². The third-order valence-electron chi connectivity index (χ3n) is 3.23. The molecule has 0 aliphatic carbocycles. The van der Waals surface area contributed by atoms with Gasteiger partial charge in [-0.25, -0.2) is 4.98 Å². The number of alkyl halides is 3. The molecule has 0 bridgehead atoms. The predicted molar refractivity (Wildman–Crippen MR) is 73.6 cm³/mol. The zero-order chi connectivity index (χ0) is 15.2. The molecule has 0 spiro atoms. The molecular weight excluding hydrogens is 281 g/mol. The van der Waals surface area contributed by atoms with Crippen molar-refractivity contribution in [2.45, 2.75) is 13.1 Å². The third-order valence-corrected chi connectivity index (χ3v) is 3.23. The number of anilines is 1. The van der Waals surface area contributed by atoms with Crippen LogP contribution in [0.1, 0.15) is 11.1 Å². The van der Waals surface area contributed by atoms with E-state index in [-0.39, 0.29) is 17.1 Å². The van der Waals surface area contributed by atoms with Crippen LogP contribution >= 0.6 is 0 Å². The van der Waals surface area contributed by atoms with Crippen LogP contribution in [0.15, 0.2) is 40.8 Å². The third kappa shape index (κ3) is 2.33. The quantitative estimate of drug-likeness (QED) is 0.676. The molecule has 0 fully saturated rings. The zero-order valence-corrected chi connectivity index (χ0v) is 11.0. The van der Waals surface area contributed by atoms with Crippen molar-refractivity contribution in [3.8, 4) is 11.5 Å². The lowest BCUT2D eigenvalue weighted by molar-refractivity contribution is -0.137. The Morgan fingerprint density at radius 2 is 1.90 bits per heavy atom. The van der Waals surface area contributed by atoms with E-state index in [1.54, 1.807) is 12.1 Å². The summed E-state index contributed by atoms with van der Waals surface area (Å²) in [4.78, 5) is 4.25. The number of fused-ring (bicyclic) bond motifs is 1. The SMILES string of the molecule is Cc1cccc2oc(-c3cc(C(F)(F)F)ccc3N)nc12. The van der Waals surface area contributed by atoms with Gasteiger partial charge in [0.05, 0.1) is 11.1 Å². The van der Waals surface area contributed by atoms with E-state index in [4.69, 9.17) is 10.2 Å². The number of benzene rings is 2. The van der Waals surface area contributed by atoms with Gasteiger partial charge < -0.3 is 10.2 Å². The zero-order valence-electron chi connectivity index (χ0n) is 11.0. The number of rotatable bonds is 1. The molecule has 6 heteroatoms. The van der Waals surface area contributed by atoms with Crippen LogP contribution in [0.4, 0.5) is 18.9 Å². The number of hydrogen-bond acceptors (Lipinski definition) is 3. The van der Waals surface area contributed by atoms with Crippen LogP contribution in [0.2, 0.25) is 0 Å².